The minimum atomic E-state index is -1.58. The molecular formula is C22H22O8. The fourth-order valence-corrected chi connectivity index (χ4v) is 3.14. The molecule has 0 bridgehead atoms. The molecule has 8 heteroatoms. The second-order valence-electron chi connectivity index (χ2n) is 6.78. The van der Waals surface area contributed by atoms with Crippen molar-refractivity contribution in [2.75, 3.05) is 0 Å². The van der Waals surface area contributed by atoms with Gasteiger partial charge in [0.2, 0.25) is 0 Å². The van der Waals surface area contributed by atoms with Crippen molar-refractivity contribution in [3.05, 3.63) is 71.8 Å². The Morgan fingerprint density at radius 1 is 0.767 bits per heavy atom. The molecular weight excluding hydrogens is 392 g/mol. The van der Waals surface area contributed by atoms with E-state index in [1.54, 1.807) is 55.5 Å². The van der Waals surface area contributed by atoms with Crippen LogP contribution in [0.4, 0.5) is 0 Å². The third-order valence-corrected chi connectivity index (χ3v) is 4.55. The lowest BCUT2D eigenvalue weighted by Gasteiger charge is -2.42. The molecule has 2 aromatic rings. The number of esters is 3. The van der Waals surface area contributed by atoms with Gasteiger partial charge in [-0.15, -0.1) is 0 Å². The van der Waals surface area contributed by atoms with Crippen molar-refractivity contribution >= 4 is 17.9 Å². The molecule has 0 saturated carbocycles. The Hall–Kier alpha value is -3.23. The van der Waals surface area contributed by atoms with Gasteiger partial charge in [0.25, 0.3) is 0 Å². The number of benzene rings is 2. The first-order valence-electron chi connectivity index (χ1n) is 9.39. The first-order valence-corrected chi connectivity index (χ1v) is 9.39. The van der Waals surface area contributed by atoms with Crippen molar-refractivity contribution < 1.29 is 38.4 Å². The predicted molar refractivity (Wildman–Crippen MR) is 103 cm³/mol. The van der Waals surface area contributed by atoms with E-state index in [1.165, 1.54) is 19.1 Å². The molecule has 5 atom stereocenters. The molecule has 0 spiro atoms. The zero-order valence-electron chi connectivity index (χ0n) is 16.5. The molecule has 1 heterocycles. The van der Waals surface area contributed by atoms with E-state index < -0.39 is 48.6 Å². The van der Waals surface area contributed by atoms with Crippen molar-refractivity contribution in [3.8, 4) is 0 Å². The monoisotopic (exact) mass is 414 g/mol. The molecule has 0 radical (unpaired) electrons. The summed E-state index contributed by atoms with van der Waals surface area (Å²) in [6.07, 6.45) is -6.18. The van der Waals surface area contributed by atoms with Crippen LogP contribution in [-0.2, 0) is 23.7 Å². The Morgan fingerprint density at radius 2 is 1.23 bits per heavy atom. The molecule has 8 nitrogen and oxygen atoms in total. The lowest BCUT2D eigenvalue weighted by molar-refractivity contribution is -0.279. The zero-order chi connectivity index (χ0) is 21.7. The van der Waals surface area contributed by atoms with Crippen LogP contribution >= 0.6 is 0 Å². The number of hydrogen-bond acceptors (Lipinski definition) is 8. The van der Waals surface area contributed by atoms with Crippen LogP contribution in [0, 0.1) is 0 Å². The van der Waals surface area contributed by atoms with Gasteiger partial charge in [-0.25, -0.2) is 9.59 Å². The van der Waals surface area contributed by atoms with Gasteiger partial charge in [-0.1, -0.05) is 36.4 Å². The van der Waals surface area contributed by atoms with Crippen molar-refractivity contribution in [1.29, 1.82) is 0 Å². The van der Waals surface area contributed by atoms with Crippen LogP contribution in [0.3, 0.4) is 0 Å². The molecule has 30 heavy (non-hydrogen) atoms. The van der Waals surface area contributed by atoms with Crippen LogP contribution in [0.2, 0.25) is 0 Å². The molecule has 0 aliphatic carbocycles. The molecule has 158 valence electrons. The van der Waals surface area contributed by atoms with Gasteiger partial charge in [-0.3, -0.25) is 4.79 Å². The van der Waals surface area contributed by atoms with Gasteiger partial charge < -0.3 is 24.1 Å². The summed E-state index contributed by atoms with van der Waals surface area (Å²) in [6.45, 7) is 2.72. The summed E-state index contributed by atoms with van der Waals surface area (Å²) in [5, 5.41) is 10.4. The lowest BCUT2D eigenvalue weighted by atomic mass is 9.98. The summed E-state index contributed by atoms with van der Waals surface area (Å²) < 4.78 is 21.6. The van der Waals surface area contributed by atoms with E-state index in [9.17, 15) is 19.5 Å². The number of carbonyl (C=O) groups is 3. The van der Waals surface area contributed by atoms with E-state index in [2.05, 4.69) is 0 Å². The maximum atomic E-state index is 12.5. The Morgan fingerprint density at radius 3 is 1.70 bits per heavy atom. The highest BCUT2D eigenvalue weighted by Crippen LogP contribution is 2.28. The van der Waals surface area contributed by atoms with Gasteiger partial charge in [0.15, 0.2) is 24.6 Å². The third kappa shape index (κ3) is 5.03. The highest BCUT2D eigenvalue weighted by Gasteiger charge is 2.50. The molecule has 0 amide bonds. The normalized spacial score (nSPS) is 25.8. The summed E-state index contributed by atoms with van der Waals surface area (Å²) in [4.78, 5) is 36.7. The smallest absolute Gasteiger partial charge is 0.338 e. The van der Waals surface area contributed by atoms with E-state index in [1.807, 2.05) is 0 Å². The SMILES string of the molecule is CC(=O)O[C@@H]1C(OC(=O)c2ccccc2)[C@H](O)OC(C)[C@@H]1OC(=O)c1ccccc1. The van der Waals surface area contributed by atoms with Crippen LogP contribution in [0.25, 0.3) is 0 Å². The molecule has 2 unspecified atom stereocenters. The topological polar surface area (TPSA) is 108 Å². The first-order chi connectivity index (χ1) is 14.4. The second kappa shape index (κ2) is 9.51. The molecule has 1 fully saturated rings. The second-order valence-corrected chi connectivity index (χ2v) is 6.78. The Kier molecular flexibility index (Phi) is 6.81. The summed E-state index contributed by atoms with van der Waals surface area (Å²) in [7, 11) is 0. The predicted octanol–water partition coefficient (Wildman–Crippen LogP) is 2.11. The van der Waals surface area contributed by atoms with Crippen LogP contribution in [0.15, 0.2) is 60.7 Å². The molecule has 1 N–H and O–H groups in total. The largest absolute Gasteiger partial charge is 0.454 e. The highest BCUT2D eigenvalue weighted by molar-refractivity contribution is 5.90. The summed E-state index contributed by atoms with van der Waals surface area (Å²) in [6, 6.07) is 16.4. The fourth-order valence-electron chi connectivity index (χ4n) is 3.14. The van der Waals surface area contributed by atoms with Gasteiger partial charge in [-0.05, 0) is 31.2 Å². The number of aliphatic hydroxyl groups excluding tert-OH is 1. The van der Waals surface area contributed by atoms with E-state index in [-0.39, 0.29) is 11.1 Å². The summed E-state index contributed by atoms with van der Waals surface area (Å²) >= 11 is 0. The molecule has 0 aromatic heterocycles. The Bertz CT molecular complexity index is 817. The Labute approximate surface area is 173 Å². The van der Waals surface area contributed by atoms with E-state index >= 15 is 0 Å². The van der Waals surface area contributed by atoms with Crippen LogP contribution < -0.4 is 0 Å². The van der Waals surface area contributed by atoms with Crippen molar-refractivity contribution in [2.24, 2.45) is 0 Å². The zero-order valence-corrected chi connectivity index (χ0v) is 16.5. The minimum Gasteiger partial charge on any atom is -0.454 e. The molecule has 1 saturated heterocycles. The summed E-state index contributed by atoms with van der Waals surface area (Å²) in [5.41, 5.74) is 0.526. The quantitative estimate of drug-likeness (QED) is 0.585. The number of aliphatic hydroxyl groups is 1. The van der Waals surface area contributed by atoms with Crippen molar-refractivity contribution in [1.82, 2.24) is 0 Å². The number of rotatable bonds is 5. The van der Waals surface area contributed by atoms with Crippen molar-refractivity contribution in [3.63, 3.8) is 0 Å². The van der Waals surface area contributed by atoms with Crippen LogP contribution in [-0.4, -0.2) is 53.7 Å². The van der Waals surface area contributed by atoms with Crippen LogP contribution in [0.5, 0.6) is 0 Å². The number of carbonyl (C=O) groups excluding carboxylic acids is 3. The van der Waals surface area contributed by atoms with E-state index in [0.29, 0.717) is 0 Å². The Balaban J connectivity index is 1.84. The molecule has 1 aliphatic heterocycles. The van der Waals surface area contributed by atoms with Crippen molar-refractivity contribution in [2.45, 2.75) is 44.6 Å². The van der Waals surface area contributed by atoms with E-state index in [0.717, 1.165) is 0 Å². The molecule has 3 rings (SSSR count). The third-order valence-electron chi connectivity index (χ3n) is 4.55. The first kappa shape index (κ1) is 21.5. The lowest BCUT2D eigenvalue weighted by Crippen LogP contribution is -2.60. The highest BCUT2D eigenvalue weighted by atomic mass is 16.7. The van der Waals surface area contributed by atoms with Gasteiger partial charge in [-0.2, -0.15) is 0 Å². The van der Waals surface area contributed by atoms with Gasteiger partial charge in [0, 0.05) is 6.92 Å². The number of ether oxygens (including phenoxy) is 4. The molecule has 2 aromatic carbocycles. The van der Waals surface area contributed by atoms with Crippen LogP contribution in [0.1, 0.15) is 34.6 Å². The van der Waals surface area contributed by atoms with E-state index in [4.69, 9.17) is 18.9 Å². The number of hydrogen-bond donors (Lipinski definition) is 1. The average molecular weight is 414 g/mol. The maximum absolute atomic E-state index is 12.5. The summed E-state index contributed by atoms with van der Waals surface area (Å²) in [5.74, 6) is -2.11. The fraction of sp³-hybridized carbons (Fsp3) is 0.318. The maximum Gasteiger partial charge on any atom is 0.338 e. The minimum absolute atomic E-state index is 0.239. The standard InChI is InChI=1S/C22H22O8/c1-13-17(29-20(24)15-9-5-3-6-10-15)18(28-14(2)23)19(22(26)27-13)30-21(25)16-11-7-4-8-12-16/h3-13,17-19,22,26H,1-2H3/t13?,17-,18-,19?,22+/m0/s1. The van der Waals surface area contributed by atoms with Gasteiger partial charge in [0.05, 0.1) is 17.2 Å². The van der Waals surface area contributed by atoms with Gasteiger partial charge >= 0.3 is 17.9 Å². The van der Waals surface area contributed by atoms with Gasteiger partial charge in [0.1, 0.15) is 0 Å². The molecule has 1 aliphatic rings. The average Bonchev–Trinajstić information content (AvgIpc) is 2.74.